The number of carbonyl (C=O) groups is 2. The number of anilines is 1. The summed E-state index contributed by atoms with van der Waals surface area (Å²) in [6, 6.07) is 7.64. The van der Waals surface area contributed by atoms with Gasteiger partial charge < -0.3 is 16.0 Å². The van der Waals surface area contributed by atoms with Crippen LogP contribution in [0.25, 0.3) is 0 Å². The molecule has 3 N–H and O–H groups in total. The lowest BCUT2D eigenvalue weighted by molar-refractivity contribution is 0.0955. The van der Waals surface area contributed by atoms with Crippen molar-refractivity contribution in [2.75, 3.05) is 25.0 Å². The lowest BCUT2D eigenvalue weighted by Gasteiger charge is -2.09. The van der Waals surface area contributed by atoms with Crippen LogP contribution < -0.4 is 16.0 Å². The first kappa shape index (κ1) is 21.4. The Morgan fingerprint density at radius 3 is 2.67 bits per heavy atom. The van der Waals surface area contributed by atoms with Gasteiger partial charge in [-0.15, -0.1) is 23.7 Å². The minimum absolute atomic E-state index is 0. The van der Waals surface area contributed by atoms with E-state index in [0.29, 0.717) is 22.7 Å². The van der Waals surface area contributed by atoms with Gasteiger partial charge in [0.2, 0.25) is 0 Å². The Bertz CT molecular complexity index is 791. The Kier molecular flexibility index (Phi) is 8.28. The van der Waals surface area contributed by atoms with E-state index in [9.17, 15) is 9.59 Å². The minimum Gasteiger partial charge on any atom is -0.351 e. The highest BCUT2D eigenvalue weighted by atomic mass is 35.5. The molecular weight excluding hydrogens is 382 g/mol. The first-order valence-corrected chi connectivity index (χ1v) is 10.1. The van der Waals surface area contributed by atoms with Crippen molar-refractivity contribution in [2.24, 2.45) is 0 Å². The summed E-state index contributed by atoms with van der Waals surface area (Å²) in [4.78, 5) is 24.9. The van der Waals surface area contributed by atoms with Crippen molar-refractivity contribution in [1.82, 2.24) is 10.6 Å². The molecule has 2 amide bonds. The molecule has 0 unspecified atom stereocenters. The molecule has 3 rings (SSSR count). The van der Waals surface area contributed by atoms with E-state index in [1.54, 1.807) is 6.07 Å². The number of amides is 2. The summed E-state index contributed by atoms with van der Waals surface area (Å²) in [6.07, 6.45) is 4.36. The van der Waals surface area contributed by atoms with Crippen molar-refractivity contribution < 1.29 is 9.59 Å². The van der Waals surface area contributed by atoms with E-state index in [-0.39, 0.29) is 24.2 Å². The number of carbonyl (C=O) groups excluding carboxylic acids is 2. The molecule has 0 saturated heterocycles. The van der Waals surface area contributed by atoms with Gasteiger partial charge in [0.05, 0.1) is 5.56 Å². The van der Waals surface area contributed by atoms with Crippen molar-refractivity contribution in [2.45, 2.75) is 32.6 Å². The molecule has 5 nitrogen and oxygen atoms in total. The van der Waals surface area contributed by atoms with Crippen LogP contribution in [0.15, 0.2) is 29.6 Å². The normalized spacial score (nSPS) is 12.2. The van der Waals surface area contributed by atoms with Gasteiger partial charge >= 0.3 is 0 Å². The number of hydrogen-bond acceptors (Lipinski definition) is 4. The quantitative estimate of drug-likeness (QED) is 0.585. The third kappa shape index (κ3) is 5.54. The zero-order chi connectivity index (χ0) is 18.4. The molecule has 1 heterocycles. The summed E-state index contributed by atoms with van der Waals surface area (Å²) < 4.78 is 0. The predicted octanol–water partition coefficient (Wildman–Crippen LogP) is 3.64. The molecule has 0 aliphatic heterocycles. The van der Waals surface area contributed by atoms with Crippen molar-refractivity contribution in [3.63, 3.8) is 0 Å². The van der Waals surface area contributed by atoms with Crippen molar-refractivity contribution in [3.8, 4) is 0 Å². The average molecular weight is 408 g/mol. The summed E-state index contributed by atoms with van der Waals surface area (Å²) in [7, 11) is 0. The number of hydrogen-bond donors (Lipinski definition) is 3. The molecule has 1 aliphatic carbocycles. The SMILES string of the molecule is CCCNCCNC(=O)c1ccsc1NC(=O)c1ccc2c(c1)CCC2.Cl. The van der Waals surface area contributed by atoms with Gasteiger partial charge in [-0.2, -0.15) is 0 Å². The van der Waals surface area contributed by atoms with Gasteiger partial charge in [0, 0.05) is 18.7 Å². The average Bonchev–Trinajstić information content (AvgIpc) is 3.29. The fourth-order valence-electron chi connectivity index (χ4n) is 3.13. The molecule has 1 aromatic carbocycles. The summed E-state index contributed by atoms with van der Waals surface area (Å²) in [5, 5.41) is 11.4. The lowest BCUT2D eigenvalue weighted by Crippen LogP contribution is -2.32. The molecule has 0 spiro atoms. The molecule has 27 heavy (non-hydrogen) atoms. The Morgan fingerprint density at radius 2 is 1.85 bits per heavy atom. The molecule has 0 saturated carbocycles. The van der Waals surface area contributed by atoms with E-state index in [1.807, 2.05) is 23.6 Å². The first-order valence-electron chi connectivity index (χ1n) is 9.18. The molecular formula is C20H26ClN3O2S. The van der Waals surface area contributed by atoms with Crippen molar-refractivity contribution in [1.29, 1.82) is 0 Å². The molecule has 0 fully saturated rings. The number of fused-ring (bicyclic) bond motifs is 1. The van der Waals surface area contributed by atoms with E-state index in [4.69, 9.17) is 0 Å². The highest BCUT2D eigenvalue weighted by Crippen LogP contribution is 2.26. The van der Waals surface area contributed by atoms with Gasteiger partial charge in [-0.1, -0.05) is 13.0 Å². The van der Waals surface area contributed by atoms with Crippen molar-refractivity contribution >= 4 is 40.6 Å². The van der Waals surface area contributed by atoms with Crippen LogP contribution in [0.2, 0.25) is 0 Å². The number of nitrogens with one attached hydrogen (secondary N) is 3. The van der Waals surface area contributed by atoms with Gasteiger partial charge in [0.15, 0.2) is 0 Å². The highest BCUT2D eigenvalue weighted by Gasteiger charge is 2.17. The Hall–Kier alpha value is -1.89. The standard InChI is InChI=1S/C20H25N3O2S.ClH/c1-2-9-21-10-11-22-19(25)17-8-12-26-20(17)23-18(24)16-7-6-14-4-3-5-15(14)13-16;/h6-8,12-13,21H,2-5,9-11H2,1H3,(H,22,25)(H,23,24);1H. The molecule has 146 valence electrons. The molecule has 0 bridgehead atoms. The molecule has 1 aromatic heterocycles. The zero-order valence-electron chi connectivity index (χ0n) is 15.5. The van der Waals surface area contributed by atoms with Crippen LogP contribution in [0.4, 0.5) is 5.00 Å². The summed E-state index contributed by atoms with van der Waals surface area (Å²) in [5.74, 6) is -0.324. The van der Waals surface area contributed by atoms with Crippen LogP contribution >= 0.6 is 23.7 Å². The van der Waals surface area contributed by atoms with Gasteiger partial charge in [-0.3, -0.25) is 9.59 Å². The van der Waals surface area contributed by atoms with E-state index in [1.165, 1.54) is 22.5 Å². The molecule has 1 aliphatic rings. The van der Waals surface area contributed by atoms with E-state index < -0.39 is 0 Å². The third-order valence-corrected chi connectivity index (χ3v) is 5.34. The van der Waals surface area contributed by atoms with Gasteiger partial charge in [0.1, 0.15) is 5.00 Å². The maximum absolute atomic E-state index is 12.6. The van der Waals surface area contributed by atoms with Crippen LogP contribution in [0.1, 0.15) is 51.6 Å². The fourth-order valence-corrected chi connectivity index (χ4v) is 3.91. The second-order valence-electron chi connectivity index (χ2n) is 6.46. The van der Waals surface area contributed by atoms with Crippen LogP contribution in [-0.4, -0.2) is 31.4 Å². The van der Waals surface area contributed by atoms with Crippen LogP contribution in [0.3, 0.4) is 0 Å². The third-order valence-electron chi connectivity index (χ3n) is 4.51. The van der Waals surface area contributed by atoms with Crippen molar-refractivity contribution in [3.05, 3.63) is 51.9 Å². The molecule has 0 radical (unpaired) electrons. The smallest absolute Gasteiger partial charge is 0.256 e. The maximum Gasteiger partial charge on any atom is 0.256 e. The number of benzene rings is 1. The second kappa shape index (κ2) is 10.4. The van der Waals surface area contributed by atoms with Crippen LogP contribution in [0, 0.1) is 0 Å². The predicted molar refractivity (Wildman–Crippen MR) is 113 cm³/mol. The Balaban J connectivity index is 0.00000261. The number of aryl methyl sites for hydroxylation is 2. The number of halogens is 1. The Labute approximate surface area is 170 Å². The second-order valence-corrected chi connectivity index (χ2v) is 7.38. The Morgan fingerprint density at radius 1 is 1.04 bits per heavy atom. The topological polar surface area (TPSA) is 70.2 Å². The number of rotatable bonds is 8. The molecule has 7 heteroatoms. The fraction of sp³-hybridized carbons (Fsp3) is 0.400. The first-order chi connectivity index (χ1) is 12.7. The maximum atomic E-state index is 12.6. The lowest BCUT2D eigenvalue weighted by atomic mass is 10.1. The van der Waals surface area contributed by atoms with Crippen LogP contribution in [0.5, 0.6) is 0 Å². The summed E-state index contributed by atoms with van der Waals surface area (Å²) in [5.41, 5.74) is 3.77. The largest absolute Gasteiger partial charge is 0.351 e. The van der Waals surface area contributed by atoms with Crippen LogP contribution in [-0.2, 0) is 12.8 Å². The van der Waals surface area contributed by atoms with E-state index >= 15 is 0 Å². The van der Waals surface area contributed by atoms with E-state index in [0.717, 1.165) is 38.8 Å². The minimum atomic E-state index is -0.166. The van der Waals surface area contributed by atoms with Gasteiger partial charge in [-0.25, -0.2) is 0 Å². The monoisotopic (exact) mass is 407 g/mol. The van der Waals surface area contributed by atoms with E-state index in [2.05, 4.69) is 22.9 Å². The van der Waals surface area contributed by atoms with Gasteiger partial charge in [-0.05, 0) is 66.9 Å². The summed E-state index contributed by atoms with van der Waals surface area (Å²) >= 11 is 1.37. The van der Waals surface area contributed by atoms with Gasteiger partial charge in [0.25, 0.3) is 11.8 Å². The molecule has 0 atom stereocenters. The molecule has 2 aromatic rings. The zero-order valence-corrected chi connectivity index (χ0v) is 17.1. The number of thiophene rings is 1. The highest BCUT2D eigenvalue weighted by molar-refractivity contribution is 7.14. The summed E-state index contributed by atoms with van der Waals surface area (Å²) in [6.45, 7) is 4.34.